The third kappa shape index (κ3) is 2.99. The number of hydrogen-bond donors (Lipinski definition) is 2. The highest BCUT2D eigenvalue weighted by atomic mass is 32.1. The van der Waals surface area contributed by atoms with Gasteiger partial charge in [-0.05, 0) is 44.2 Å². The number of rotatable bonds is 4. The molecule has 0 aliphatic rings. The van der Waals surface area contributed by atoms with E-state index in [0.29, 0.717) is 11.5 Å². The van der Waals surface area contributed by atoms with Crippen LogP contribution in [0.5, 0.6) is 0 Å². The summed E-state index contributed by atoms with van der Waals surface area (Å²) in [5.74, 6) is 0.235. The number of nitrogens with zero attached hydrogens (tertiary/aromatic N) is 2. The van der Waals surface area contributed by atoms with Gasteiger partial charge in [-0.15, -0.1) is 11.3 Å². The molecule has 0 aliphatic carbocycles. The number of hydrazone groups is 1. The first-order valence-electron chi connectivity index (χ1n) is 6.64. The van der Waals surface area contributed by atoms with Crippen molar-refractivity contribution in [3.05, 3.63) is 52.9 Å². The molecule has 0 fully saturated rings. The van der Waals surface area contributed by atoms with E-state index in [2.05, 4.69) is 20.7 Å². The minimum atomic E-state index is -0.373. The maximum atomic E-state index is 12.0. The Morgan fingerprint density at radius 3 is 2.95 bits per heavy atom. The molecule has 112 valence electrons. The van der Waals surface area contributed by atoms with Gasteiger partial charge in [0.25, 0.3) is 5.91 Å². The largest absolute Gasteiger partial charge is 0.463 e. The van der Waals surface area contributed by atoms with Gasteiger partial charge in [-0.1, -0.05) is 0 Å². The number of carbonyl (C=O) groups is 1. The van der Waals surface area contributed by atoms with Crippen LogP contribution in [0.2, 0.25) is 0 Å². The molecular formula is C15H14N4O2S. The van der Waals surface area contributed by atoms with Crippen LogP contribution in [0.3, 0.4) is 0 Å². The molecule has 1 amide bonds. The summed E-state index contributed by atoms with van der Waals surface area (Å²) in [6, 6.07) is 9.26. The summed E-state index contributed by atoms with van der Waals surface area (Å²) in [5.41, 5.74) is 4.16. The number of amides is 1. The van der Waals surface area contributed by atoms with Crippen molar-refractivity contribution >= 4 is 23.0 Å². The van der Waals surface area contributed by atoms with E-state index in [0.717, 1.165) is 10.6 Å². The minimum absolute atomic E-state index is 0.289. The second-order valence-corrected chi connectivity index (χ2v) is 5.98. The predicted molar refractivity (Wildman–Crippen MR) is 85.0 cm³/mol. The first-order valence-corrected chi connectivity index (χ1v) is 7.46. The average molecular weight is 314 g/mol. The highest BCUT2D eigenvalue weighted by Crippen LogP contribution is 2.26. The Bertz CT molecular complexity index is 814. The van der Waals surface area contributed by atoms with Gasteiger partial charge in [0.05, 0.1) is 16.8 Å². The normalized spacial score (nSPS) is 11.6. The van der Waals surface area contributed by atoms with Crippen molar-refractivity contribution in [2.45, 2.75) is 13.8 Å². The fourth-order valence-corrected chi connectivity index (χ4v) is 2.71. The van der Waals surface area contributed by atoms with Gasteiger partial charge in [0.2, 0.25) is 0 Å². The lowest BCUT2D eigenvalue weighted by Crippen LogP contribution is -2.19. The molecule has 3 rings (SSSR count). The third-order valence-corrected chi connectivity index (χ3v) is 4.05. The van der Waals surface area contributed by atoms with Crippen LogP contribution < -0.4 is 5.43 Å². The fraction of sp³-hybridized carbons (Fsp3) is 0.133. The number of carbonyl (C=O) groups excluding carboxylic acids is 1. The van der Waals surface area contributed by atoms with Gasteiger partial charge in [0, 0.05) is 4.88 Å². The number of furan rings is 1. The first kappa shape index (κ1) is 14.3. The van der Waals surface area contributed by atoms with Crippen LogP contribution in [0.15, 0.2) is 46.1 Å². The van der Waals surface area contributed by atoms with E-state index in [1.54, 1.807) is 42.7 Å². The topological polar surface area (TPSA) is 83.3 Å². The Kier molecular flexibility index (Phi) is 3.88. The lowest BCUT2D eigenvalue weighted by Gasteiger charge is -1.97. The van der Waals surface area contributed by atoms with Gasteiger partial charge < -0.3 is 4.42 Å². The third-order valence-electron chi connectivity index (χ3n) is 3.02. The van der Waals surface area contributed by atoms with Crippen LogP contribution in [0.4, 0.5) is 0 Å². The van der Waals surface area contributed by atoms with Crippen molar-refractivity contribution in [3.8, 4) is 10.6 Å². The van der Waals surface area contributed by atoms with E-state index in [1.165, 1.54) is 4.88 Å². The van der Waals surface area contributed by atoms with Crippen LogP contribution in [0.1, 0.15) is 28.0 Å². The summed E-state index contributed by atoms with van der Waals surface area (Å²) >= 11 is 1.64. The first-order chi connectivity index (χ1) is 10.6. The highest BCUT2D eigenvalue weighted by molar-refractivity contribution is 7.15. The molecule has 0 bridgehead atoms. The van der Waals surface area contributed by atoms with Gasteiger partial charge in [-0.2, -0.15) is 10.2 Å². The lowest BCUT2D eigenvalue weighted by atomic mass is 10.3. The zero-order valence-electron chi connectivity index (χ0n) is 12.1. The molecule has 0 unspecified atom stereocenters. The van der Waals surface area contributed by atoms with Crippen molar-refractivity contribution < 1.29 is 9.21 Å². The molecule has 3 aromatic rings. The molecule has 2 N–H and O–H groups in total. The van der Waals surface area contributed by atoms with Crippen LogP contribution in [0.25, 0.3) is 10.6 Å². The van der Waals surface area contributed by atoms with Crippen LogP contribution in [-0.4, -0.2) is 21.8 Å². The SMILES string of the molecule is C/C(=N/NC(=O)c1cc(-c2ccc(C)s2)[nH]n1)c1ccco1. The minimum Gasteiger partial charge on any atom is -0.463 e. The second kappa shape index (κ2) is 5.98. The number of nitrogens with one attached hydrogen (secondary N) is 2. The van der Waals surface area contributed by atoms with Crippen molar-refractivity contribution in [1.82, 2.24) is 15.6 Å². The smallest absolute Gasteiger partial charge is 0.291 e. The van der Waals surface area contributed by atoms with E-state index < -0.39 is 0 Å². The monoisotopic (exact) mass is 314 g/mol. The zero-order chi connectivity index (χ0) is 15.5. The van der Waals surface area contributed by atoms with Gasteiger partial charge >= 0.3 is 0 Å². The maximum Gasteiger partial charge on any atom is 0.291 e. The molecule has 22 heavy (non-hydrogen) atoms. The summed E-state index contributed by atoms with van der Waals surface area (Å²) in [6.45, 7) is 3.79. The molecule has 0 atom stereocenters. The quantitative estimate of drug-likeness (QED) is 0.573. The van der Waals surface area contributed by atoms with Gasteiger partial charge in [-0.25, -0.2) is 5.43 Å². The zero-order valence-corrected chi connectivity index (χ0v) is 12.9. The van der Waals surface area contributed by atoms with Crippen molar-refractivity contribution in [1.29, 1.82) is 0 Å². The Labute approximate surface area is 130 Å². The fourth-order valence-electron chi connectivity index (χ4n) is 1.87. The highest BCUT2D eigenvalue weighted by Gasteiger charge is 2.12. The molecule has 0 radical (unpaired) electrons. The van der Waals surface area contributed by atoms with E-state index in [-0.39, 0.29) is 11.6 Å². The van der Waals surface area contributed by atoms with Gasteiger partial charge in [0.15, 0.2) is 5.69 Å². The molecular weight excluding hydrogens is 300 g/mol. The summed E-state index contributed by atoms with van der Waals surface area (Å²) in [4.78, 5) is 14.3. The molecule has 0 saturated carbocycles. The molecule has 3 aromatic heterocycles. The van der Waals surface area contributed by atoms with E-state index >= 15 is 0 Å². The standard InChI is InChI=1S/C15H14N4O2S/c1-9-5-6-14(22-9)11-8-12(18-17-11)15(20)19-16-10(2)13-4-3-7-21-13/h3-8H,1-2H3,(H,17,18)(H,19,20)/b16-10-. The van der Waals surface area contributed by atoms with Crippen molar-refractivity contribution in [2.75, 3.05) is 0 Å². The Balaban J connectivity index is 1.71. The predicted octanol–water partition coefficient (Wildman–Crippen LogP) is 3.19. The summed E-state index contributed by atoms with van der Waals surface area (Å²) in [5, 5.41) is 10.9. The molecule has 0 spiro atoms. The molecule has 6 nitrogen and oxygen atoms in total. The second-order valence-electron chi connectivity index (χ2n) is 4.69. The van der Waals surface area contributed by atoms with E-state index in [1.807, 2.05) is 19.1 Å². The number of aromatic amines is 1. The Morgan fingerprint density at radius 1 is 1.41 bits per heavy atom. The molecule has 3 heterocycles. The number of hydrogen-bond acceptors (Lipinski definition) is 5. The summed E-state index contributed by atoms with van der Waals surface area (Å²) in [7, 11) is 0. The number of H-pyrrole nitrogens is 1. The van der Waals surface area contributed by atoms with Gasteiger partial charge in [0.1, 0.15) is 11.5 Å². The molecule has 0 aliphatic heterocycles. The van der Waals surface area contributed by atoms with E-state index in [9.17, 15) is 4.79 Å². The average Bonchev–Trinajstić information content (AvgIpc) is 3.23. The number of thiophene rings is 1. The molecule has 7 heteroatoms. The number of aryl methyl sites for hydroxylation is 1. The van der Waals surface area contributed by atoms with Crippen molar-refractivity contribution in [2.24, 2.45) is 5.10 Å². The van der Waals surface area contributed by atoms with E-state index in [4.69, 9.17) is 4.42 Å². The Morgan fingerprint density at radius 2 is 2.27 bits per heavy atom. The molecule has 0 saturated heterocycles. The molecule has 0 aromatic carbocycles. The van der Waals surface area contributed by atoms with Gasteiger partial charge in [-0.3, -0.25) is 9.89 Å². The summed E-state index contributed by atoms with van der Waals surface area (Å²) in [6.07, 6.45) is 1.55. The van der Waals surface area contributed by atoms with Crippen LogP contribution >= 0.6 is 11.3 Å². The summed E-state index contributed by atoms with van der Waals surface area (Å²) < 4.78 is 5.20. The van der Waals surface area contributed by atoms with Crippen molar-refractivity contribution in [3.63, 3.8) is 0 Å². The number of aromatic nitrogens is 2. The lowest BCUT2D eigenvalue weighted by molar-refractivity contribution is 0.0950. The van der Waals surface area contributed by atoms with Crippen LogP contribution in [0, 0.1) is 6.92 Å². The maximum absolute atomic E-state index is 12.0. The Hall–Kier alpha value is -2.67. The van der Waals surface area contributed by atoms with Crippen LogP contribution in [-0.2, 0) is 0 Å².